The Kier molecular flexibility index (Phi) is 6.61. The van der Waals surface area contributed by atoms with Crippen LogP contribution in [0.4, 0.5) is 5.69 Å². The lowest BCUT2D eigenvalue weighted by atomic mass is 9.92. The lowest BCUT2D eigenvalue weighted by molar-refractivity contribution is -0.123. The molecule has 0 saturated carbocycles. The van der Waals surface area contributed by atoms with Crippen LogP contribution in [0.5, 0.6) is 5.75 Å². The highest BCUT2D eigenvalue weighted by Crippen LogP contribution is 2.26. The summed E-state index contributed by atoms with van der Waals surface area (Å²) in [5, 5.41) is 3.06. The SMILES string of the molecule is C[C@H]1CCCN(c2ccc([C@@H](C)NC(=O)COc3ccc4c(c3)CCCC4)cc2)C1. The Morgan fingerprint density at radius 1 is 1.10 bits per heavy atom. The molecular weight excluding hydrogens is 372 g/mol. The molecule has 2 aromatic carbocycles. The van der Waals surface area contributed by atoms with E-state index in [0.717, 1.165) is 43.2 Å². The predicted molar refractivity (Wildman–Crippen MR) is 122 cm³/mol. The van der Waals surface area contributed by atoms with Crippen molar-refractivity contribution >= 4 is 11.6 Å². The number of aryl methyl sites for hydroxylation is 2. The van der Waals surface area contributed by atoms with Crippen molar-refractivity contribution in [3.63, 3.8) is 0 Å². The fourth-order valence-corrected chi connectivity index (χ4v) is 4.71. The van der Waals surface area contributed by atoms with Gasteiger partial charge in [-0.1, -0.05) is 25.1 Å². The molecule has 4 nitrogen and oxygen atoms in total. The number of nitrogens with zero attached hydrogens (tertiary/aromatic N) is 1. The van der Waals surface area contributed by atoms with Gasteiger partial charge in [-0.2, -0.15) is 0 Å². The molecule has 30 heavy (non-hydrogen) atoms. The number of ether oxygens (including phenoxy) is 1. The number of anilines is 1. The van der Waals surface area contributed by atoms with Crippen molar-refractivity contribution in [2.75, 3.05) is 24.6 Å². The van der Waals surface area contributed by atoms with Gasteiger partial charge in [0.1, 0.15) is 5.75 Å². The van der Waals surface area contributed by atoms with E-state index < -0.39 is 0 Å². The summed E-state index contributed by atoms with van der Waals surface area (Å²) >= 11 is 0. The Balaban J connectivity index is 1.28. The summed E-state index contributed by atoms with van der Waals surface area (Å²) < 4.78 is 5.76. The average molecular weight is 407 g/mol. The molecule has 2 aliphatic rings. The topological polar surface area (TPSA) is 41.6 Å². The molecule has 1 N–H and O–H groups in total. The van der Waals surface area contributed by atoms with Gasteiger partial charge in [0.15, 0.2) is 6.61 Å². The van der Waals surface area contributed by atoms with E-state index in [1.54, 1.807) is 0 Å². The van der Waals surface area contributed by atoms with Gasteiger partial charge in [0, 0.05) is 18.8 Å². The first kappa shape index (κ1) is 20.8. The zero-order chi connectivity index (χ0) is 20.9. The summed E-state index contributed by atoms with van der Waals surface area (Å²) in [6, 6.07) is 14.8. The zero-order valence-electron chi connectivity index (χ0n) is 18.3. The molecule has 2 atom stereocenters. The maximum absolute atomic E-state index is 12.4. The molecule has 0 bridgehead atoms. The highest BCUT2D eigenvalue weighted by Gasteiger charge is 2.17. The summed E-state index contributed by atoms with van der Waals surface area (Å²) in [5.41, 5.74) is 5.19. The first-order valence-corrected chi connectivity index (χ1v) is 11.5. The van der Waals surface area contributed by atoms with E-state index in [-0.39, 0.29) is 18.6 Å². The number of nitrogens with one attached hydrogen (secondary N) is 1. The molecule has 1 amide bonds. The Morgan fingerprint density at radius 3 is 2.63 bits per heavy atom. The van der Waals surface area contributed by atoms with Gasteiger partial charge >= 0.3 is 0 Å². The van der Waals surface area contributed by atoms with Crippen molar-refractivity contribution in [2.45, 2.75) is 58.4 Å². The fourth-order valence-electron chi connectivity index (χ4n) is 4.71. The fraction of sp³-hybridized carbons (Fsp3) is 0.500. The lowest BCUT2D eigenvalue weighted by Gasteiger charge is -2.33. The molecule has 0 radical (unpaired) electrons. The van der Waals surface area contributed by atoms with Crippen LogP contribution in [0.2, 0.25) is 0 Å². The number of piperidine rings is 1. The van der Waals surface area contributed by atoms with Crippen molar-refractivity contribution in [1.82, 2.24) is 5.32 Å². The number of carbonyl (C=O) groups excluding carboxylic acids is 1. The van der Waals surface area contributed by atoms with Gasteiger partial charge < -0.3 is 15.0 Å². The third-order valence-corrected chi connectivity index (χ3v) is 6.48. The first-order chi connectivity index (χ1) is 14.6. The van der Waals surface area contributed by atoms with Crippen LogP contribution in [0.25, 0.3) is 0 Å². The van der Waals surface area contributed by atoms with Gasteiger partial charge in [-0.15, -0.1) is 0 Å². The molecule has 4 rings (SSSR count). The van der Waals surface area contributed by atoms with Crippen molar-refractivity contribution < 1.29 is 9.53 Å². The van der Waals surface area contributed by atoms with Crippen LogP contribution in [0, 0.1) is 5.92 Å². The van der Waals surface area contributed by atoms with Crippen LogP contribution >= 0.6 is 0 Å². The third kappa shape index (κ3) is 5.16. The number of hydrogen-bond donors (Lipinski definition) is 1. The number of amides is 1. The van der Waals surface area contributed by atoms with E-state index >= 15 is 0 Å². The number of rotatable bonds is 6. The molecule has 0 aromatic heterocycles. The number of carbonyl (C=O) groups is 1. The van der Waals surface area contributed by atoms with Crippen molar-refractivity contribution in [2.24, 2.45) is 5.92 Å². The van der Waals surface area contributed by atoms with Gasteiger partial charge in [-0.25, -0.2) is 0 Å². The summed E-state index contributed by atoms with van der Waals surface area (Å²) in [5.74, 6) is 1.46. The van der Waals surface area contributed by atoms with Crippen molar-refractivity contribution in [3.05, 3.63) is 59.2 Å². The molecule has 0 spiro atoms. The standard InChI is InChI=1S/C26H34N2O2/c1-19-6-5-15-28(17-19)24-12-9-21(10-13-24)20(2)27-26(29)18-30-25-14-11-22-7-3-4-8-23(22)16-25/h9-14,16,19-20H,3-8,15,17-18H2,1-2H3,(H,27,29)/t19-,20+/m0/s1. The summed E-state index contributed by atoms with van der Waals surface area (Å²) in [6.45, 7) is 6.66. The van der Waals surface area contributed by atoms with E-state index in [9.17, 15) is 4.79 Å². The summed E-state index contributed by atoms with van der Waals surface area (Å²) in [6.07, 6.45) is 7.37. The second-order valence-electron chi connectivity index (χ2n) is 9.00. The minimum atomic E-state index is -0.0887. The normalized spacial score (nSPS) is 19.7. The highest BCUT2D eigenvalue weighted by atomic mass is 16.5. The van der Waals surface area contributed by atoms with Gasteiger partial charge in [-0.3, -0.25) is 4.79 Å². The molecule has 1 aliphatic heterocycles. The van der Waals surface area contributed by atoms with E-state index in [1.165, 1.54) is 42.5 Å². The predicted octanol–water partition coefficient (Wildman–Crippen LogP) is 5.06. The minimum Gasteiger partial charge on any atom is -0.484 e. The van der Waals surface area contributed by atoms with E-state index in [2.05, 4.69) is 53.5 Å². The monoisotopic (exact) mass is 406 g/mol. The Hall–Kier alpha value is -2.49. The molecule has 4 heteroatoms. The van der Waals surface area contributed by atoms with Crippen LogP contribution in [0.15, 0.2) is 42.5 Å². The van der Waals surface area contributed by atoms with E-state index in [4.69, 9.17) is 4.74 Å². The molecule has 1 aliphatic carbocycles. The van der Waals surface area contributed by atoms with Crippen LogP contribution in [0.3, 0.4) is 0 Å². The summed E-state index contributed by atoms with van der Waals surface area (Å²) in [4.78, 5) is 14.9. The Labute approximate surface area is 180 Å². The molecule has 160 valence electrons. The van der Waals surface area contributed by atoms with Crippen LogP contribution in [-0.4, -0.2) is 25.6 Å². The third-order valence-electron chi connectivity index (χ3n) is 6.48. The number of fused-ring (bicyclic) bond motifs is 1. The molecule has 1 heterocycles. The first-order valence-electron chi connectivity index (χ1n) is 11.5. The Bertz CT molecular complexity index is 862. The maximum Gasteiger partial charge on any atom is 0.258 e. The van der Waals surface area contributed by atoms with Crippen LogP contribution in [0.1, 0.15) is 62.3 Å². The maximum atomic E-state index is 12.4. The van der Waals surface area contributed by atoms with Gasteiger partial charge in [0.05, 0.1) is 6.04 Å². The molecule has 1 saturated heterocycles. The molecule has 2 aromatic rings. The van der Waals surface area contributed by atoms with E-state index in [0.29, 0.717) is 0 Å². The van der Waals surface area contributed by atoms with Crippen molar-refractivity contribution in [1.29, 1.82) is 0 Å². The second-order valence-corrected chi connectivity index (χ2v) is 9.00. The second kappa shape index (κ2) is 9.55. The quantitative estimate of drug-likeness (QED) is 0.729. The van der Waals surface area contributed by atoms with Crippen LogP contribution in [-0.2, 0) is 17.6 Å². The lowest BCUT2D eigenvalue weighted by Crippen LogP contribution is -2.34. The number of hydrogen-bond acceptors (Lipinski definition) is 3. The van der Waals surface area contributed by atoms with E-state index in [1.807, 2.05) is 13.0 Å². The Morgan fingerprint density at radius 2 is 1.87 bits per heavy atom. The molecule has 0 unspecified atom stereocenters. The molecular formula is C26H34N2O2. The summed E-state index contributed by atoms with van der Waals surface area (Å²) in [7, 11) is 0. The van der Waals surface area contributed by atoms with Crippen LogP contribution < -0.4 is 15.0 Å². The highest BCUT2D eigenvalue weighted by molar-refractivity contribution is 5.78. The number of benzene rings is 2. The molecule has 1 fully saturated rings. The smallest absolute Gasteiger partial charge is 0.258 e. The van der Waals surface area contributed by atoms with Gasteiger partial charge in [0.2, 0.25) is 0 Å². The largest absolute Gasteiger partial charge is 0.484 e. The van der Waals surface area contributed by atoms with Gasteiger partial charge in [0.25, 0.3) is 5.91 Å². The van der Waals surface area contributed by atoms with Crippen molar-refractivity contribution in [3.8, 4) is 5.75 Å². The average Bonchev–Trinajstić information content (AvgIpc) is 2.77. The minimum absolute atomic E-state index is 0.0426. The zero-order valence-corrected chi connectivity index (χ0v) is 18.3. The van der Waals surface area contributed by atoms with Gasteiger partial charge in [-0.05, 0) is 92.3 Å².